The molecule has 2 rings (SSSR count). The van der Waals surface area contributed by atoms with Crippen LogP contribution in [0.4, 0.5) is 0 Å². The van der Waals surface area contributed by atoms with Gasteiger partial charge in [-0.1, -0.05) is 6.07 Å². The van der Waals surface area contributed by atoms with E-state index in [1.807, 2.05) is 17.5 Å². The van der Waals surface area contributed by atoms with Crippen molar-refractivity contribution in [3.63, 3.8) is 0 Å². The summed E-state index contributed by atoms with van der Waals surface area (Å²) in [6, 6.07) is 3.16. The maximum absolute atomic E-state index is 11.8. The van der Waals surface area contributed by atoms with Crippen LogP contribution in [-0.4, -0.2) is 34.5 Å². The summed E-state index contributed by atoms with van der Waals surface area (Å²) in [6.07, 6.45) is 4.49. The van der Waals surface area contributed by atoms with E-state index in [1.165, 1.54) is 11.0 Å². The molecule has 0 saturated carbocycles. The summed E-state index contributed by atoms with van der Waals surface area (Å²) in [5.41, 5.74) is 0. The van der Waals surface area contributed by atoms with Crippen LogP contribution in [0, 0.1) is 0 Å². The first-order valence-electron chi connectivity index (χ1n) is 5.43. The lowest BCUT2D eigenvalue weighted by atomic mass is 10.2. The third-order valence-corrected chi connectivity index (χ3v) is 3.59. The molecule has 1 N–H and O–H groups in total. The van der Waals surface area contributed by atoms with Gasteiger partial charge in [-0.25, -0.2) is 4.79 Å². The number of amides is 1. The molecule has 0 radical (unpaired) electrons. The summed E-state index contributed by atoms with van der Waals surface area (Å²) >= 11 is 1.54. The SMILES string of the molecule is O=C(O)[C@H]1CCCN1C(=O)C=Cc1cccs1. The van der Waals surface area contributed by atoms with E-state index in [2.05, 4.69) is 0 Å². The molecular formula is C12H13NO3S. The van der Waals surface area contributed by atoms with Crippen molar-refractivity contribution in [2.24, 2.45) is 0 Å². The Morgan fingerprint density at radius 3 is 3.00 bits per heavy atom. The van der Waals surface area contributed by atoms with Crippen molar-refractivity contribution in [1.82, 2.24) is 4.90 Å². The minimum absolute atomic E-state index is 0.219. The van der Waals surface area contributed by atoms with Crippen molar-refractivity contribution in [2.75, 3.05) is 6.54 Å². The van der Waals surface area contributed by atoms with Crippen molar-refractivity contribution in [3.8, 4) is 0 Å². The van der Waals surface area contributed by atoms with Crippen LogP contribution in [0.3, 0.4) is 0 Å². The normalized spacial score (nSPS) is 20.0. The molecule has 5 heteroatoms. The van der Waals surface area contributed by atoms with Gasteiger partial charge in [0.1, 0.15) is 6.04 Å². The molecule has 0 aromatic carbocycles. The maximum Gasteiger partial charge on any atom is 0.326 e. The Kier molecular flexibility index (Phi) is 3.58. The average molecular weight is 251 g/mol. The van der Waals surface area contributed by atoms with Crippen molar-refractivity contribution < 1.29 is 14.7 Å². The summed E-state index contributed by atoms with van der Waals surface area (Å²) in [7, 11) is 0. The highest BCUT2D eigenvalue weighted by Crippen LogP contribution is 2.18. The van der Waals surface area contributed by atoms with Crippen LogP contribution in [0.5, 0.6) is 0 Å². The van der Waals surface area contributed by atoms with E-state index >= 15 is 0 Å². The Morgan fingerprint density at radius 1 is 1.53 bits per heavy atom. The minimum atomic E-state index is -0.916. The van der Waals surface area contributed by atoms with Crippen LogP contribution in [0.2, 0.25) is 0 Å². The molecule has 1 aromatic rings. The fourth-order valence-electron chi connectivity index (χ4n) is 1.92. The fourth-order valence-corrected chi connectivity index (χ4v) is 2.54. The number of carbonyl (C=O) groups excluding carboxylic acids is 1. The molecular weight excluding hydrogens is 238 g/mol. The molecule has 0 unspecified atom stereocenters. The highest BCUT2D eigenvalue weighted by Gasteiger charge is 2.32. The molecule has 2 heterocycles. The second-order valence-corrected chi connectivity index (χ2v) is 4.86. The number of carboxylic acids is 1. The molecule has 1 amide bonds. The fraction of sp³-hybridized carbons (Fsp3) is 0.333. The van der Waals surface area contributed by atoms with Crippen LogP contribution in [0.15, 0.2) is 23.6 Å². The minimum Gasteiger partial charge on any atom is -0.480 e. The standard InChI is InChI=1S/C12H13NO3S/c14-11(6-5-9-3-2-8-17-9)13-7-1-4-10(13)12(15)16/h2-3,5-6,8,10H,1,4,7H2,(H,15,16)/t10-/m1/s1. The summed E-state index contributed by atoms with van der Waals surface area (Å²) in [5.74, 6) is -1.14. The lowest BCUT2D eigenvalue weighted by molar-refractivity contribution is -0.146. The molecule has 1 aliphatic rings. The van der Waals surface area contributed by atoms with Crippen LogP contribution in [-0.2, 0) is 9.59 Å². The molecule has 0 aliphatic carbocycles. The number of nitrogens with zero attached hydrogens (tertiary/aromatic N) is 1. The zero-order chi connectivity index (χ0) is 12.3. The predicted octanol–water partition coefficient (Wildman–Crippen LogP) is 1.84. The maximum atomic E-state index is 11.8. The van der Waals surface area contributed by atoms with Crippen molar-refractivity contribution >= 4 is 29.3 Å². The van der Waals surface area contributed by atoms with Gasteiger partial charge in [-0.2, -0.15) is 0 Å². The van der Waals surface area contributed by atoms with Gasteiger partial charge in [0, 0.05) is 17.5 Å². The number of carbonyl (C=O) groups is 2. The number of hydrogen-bond acceptors (Lipinski definition) is 3. The van der Waals surface area contributed by atoms with E-state index in [0.29, 0.717) is 13.0 Å². The van der Waals surface area contributed by atoms with Crippen LogP contribution >= 0.6 is 11.3 Å². The summed E-state index contributed by atoms with van der Waals surface area (Å²) in [6.45, 7) is 0.532. The van der Waals surface area contributed by atoms with E-state index < -0.39 is 12.0 Å². The Hall–Kier alpha value is -1.62. The largest absolute Gasteiger partial charge is 0.480 e. The smallest absolute Gasteiger partial charge is 0.326 e. The summed E-state index contributed by atoms with van der Waals surface area (Å²) in [4.78, 5) is 25.2. The first-order chi connectivity index (χ1) is 8.18. The van der Waals surface area contributed by atoms with E-state index in [0.717, 1.165) is 11.3 Å². The second kappa shape index (κ2) is 5.14. The zero-order valence-corrected chi connectivity index (χ0v) is 10.0. The first-order valence-corrected chi connectivity index (χ1v) is 6.31. The van der Waals surface area contributed by atoms with E-state index in [1.54, 1.807) is 17.4 Å². The molecule has 1 aromatic heterocycles. The van der Waals surface area contributed by atoms with Crippen molar-refractivity contribution in [1.29, 1.82) is 0 Å². The quantitative estimate of drug-likeness (QED) is 0.834. The van der Waals surface area contributed by atoms with Crippen molar-refractivity contribution in [2.45, 2.75) is 18.9 Å². The number of carboxylic acid groups (broad SMARTS) is 1. The molecule has 90 valence electrons. The number of thiophene rings is 1. The van der Waals surface area contributed by atoms with Gasteiger partial charge in [-0.15, -0.1) is 11.3 Å². The van der Waals surface area contributed by atoms with Crippen LogP contribution in [0.1, 0.15) is 17.7 Å². The average Bonchev–Trinajstić information content (AvgIpc) is 2.96. The molecule has 1 saturated heterocycles. The van der Waals surface area contributed by atoms with Crippen molar-refractivity contribution in [3.05, 3.63) is 28.5 Å². The van der Waals surface area contributed by atoms with Gasteiger partial charge in [-0.3, -0.25) is 4.79 Å². The van der Waals surface area contributed by atoms with Gasteiger partial charge in [0.05, 0.1) is 0 Å². The summed E-state index contributed by atoms with van der Waals surface area (Å²) < 4.78 is 0. The van der Waals surface area contributed by atoms with Gasteiger partial charge in [0.15, 0.2) is 0 Å². The van der Waals surface area contributed by atoms with Crippen LogP contribution < -0.4 is 0 Å². The summed E-state index contributed by atoms with van der Waals surface area (Å²) in [5, 5.41) is 10.9. The molecule has 17 heavy (non-hydrogen) atoms. The van der Waals surface area contributed by atoms with Gasteiger partial charge in [-0.05, 0) is 30.4 Å². The Bertz CT molecular complexity index is 439. The highest BCUT2D eigenvalue weighted by molar-refractivity contribution is 7.10. The molecule has 1 fully saturated rings. The Morgan fingerprint density at radius 2 is 2.35 bits per heavy atom. The number of hydrogen-bond donors (Lipinski definition) is 1. The topological polar surface area (TPSA) is 57.6 Å². The lowest BCUT2D eigenvalue weighted by Crippen LogP contribution is -2.39. The highest BCUT2D eigenvalue weighted by atomic mass is 32.1. The van der Waals surface area contributed by atoms with Gasteiger partial charge in [0.25, 0.3) is 0 Å². The van der Waals surface area contributed by atoms with Gasteiger partial charge in [0.2, 0.25) is 5.91 Å². The van der Waals surface area contributed by atoms with E-state index in [4.69, 9.17) is 5.11 Å². The van der Waals surface area contributed by atoms with Gasteiger partial charge >= 0.3 is 5.97 Å². The second-order valence-electron chi connectivity index (χ2n) is 3.88. The monoisotopic (exact) mass is 251 g/mol. The molecule has 0 bridgehead atoms. The molecule has 4 nitrogen and oxygen atoms in total. The first kappa shape index (κ1) is 11.9. The van der Waals surface area contributed by atoms with E-state index in [9.17, 15) is 9.59 Å². The Balaban J connectivity index is 2.02. The van der Waals surface area contributed by atoms with Crippen LogP contribution in [0.25, 0.3) is 6.08 Å². The third-order valence-electron chi connectivity index (χ3n) is 2.75. The van der Waals surface area contributed by atoms with Gasteiger partial charge < -0.3 is 10.0 Å². The molecule has 0 spiro atoms. The molecule has 1 atom stereocenters. The Labute approximate surface area is 103 Å². The zero-order valence-electron chi connectivity index (χ0n) is 9.20. The lowest BCUT2D eigenvalue weighted by Gasteiger charge is -2.19. The number of aliphatic carboxylic acids is 1. The van der Waals surface area contributed by atoms with E-state index in [-0.39, 0.29) is 5.91 Å². The third kappa shape index (κ3) is 2.74. The molecule has 1 aliphatic heterocycles. The number of rotatable bonds is 3. The predicted molar refractivity (Wildman–Crippen MR) is 65.7 cm³/mol. The number of likely N-dealkylation sites (tertiary alicyclic amines) is 1.